The minimum absolute atomic E-state index is 0.113. The van der Waals surface area contributed by atoms with Crippen molar-refractivity contribution in [2.24, 2.45) is 0 Å². The number of hydrogen-bond acceptors (Lipinski definition) is 6. The van der Waals surface area contributed by atoms with Gasteiger partial charge in [-0.2, -0.15) is 4.98 Å². The molecular formula is C22H19N3O2S. The fourth-order valence-corrected chi connectivity index (χ4v) is 3.92. The van der Waals surface area contributed by atoms with E-state index in [0.29, 0.717) is 23.7 Å². The van der Waals surface area contributed by atoms with Crippen molar-refractivity contribution in [1.82, 2.24) is 15.1 Å². The molecule has 2 heterocycles. The molecule has 0 spiro atoms. The first-order valence-corrected chi connectivity index (χ1v) is 9.95. The normalized spacial score (nSPS) is 10.9. The third-order valence-corrected chi connectivity index (χ3v) is 5.48. The SMILES string of the molecule is Cc1nc(-c2cccc(C(=O)CCCc3ncc(-c4ccccc4)s3)c2)no1. The number of carbonyl (C=O) groups is 1. The van der Waals surface area contributed by atoms with Crippen molar-refractivity contribution in [1.29, 1.82) is 0 Å². The maximum Gasteiger partial charge on any atom is 0.223 e. The molecule has 5 nitrogen and oxygen atoms in total. The predicted octanol–water partition coefficient (Wildman–Crippen LogP) is 5.37. The molecule has 0 radical (unpaired) electrons. The van der Waals surface area contributed by atoms with E-state index in [1.807, 2.05) is 48.7 Å². The first kappa shape index (κ1) is 18.3. The van der Waals surface area contributed by atoms with Gasteiger partial charge in [-0.3, -0.25) is 4.79 Å². The highest BCUT2D eigenvalue weighted by Crippen LogP contribution is 2.26. The van der Waals surface area contributed by atoms with Gasteiger partial charge in [-0.1, -0.05) is 53.7 Å². The second-order valence-corrected chi connectivity index (χ2v) is 7.59. The molecule has 4 rings (SSSR count). The van der Waals surface area contributed by atoms with Gasteiger partial charge in [-0.15, -0.1) is 11.3 Å². The van der Waals surface area contributed by atoms with Gasteiger partial charge in [0.05, 0.1) is 9.88 Å². The van der Waals surface area contributed by atoms with Crippen molar-refractivity contribution >= 4 is 17.1 Å². The summed E-state index contributed by atoms with van der Waals surface area (Å²) < 4.78 is 5.02. The molecule has 0 unspecified atom stereocenters. The number of nitrogens with zero attached hydrogens (tertiary/aromatic N) is 3. The van der Waals surface area contributed by atoms with Crippen molar-refractivity contribution in [2.45, 2.75) is 26.2 Å². The number of aryl methyl sites for hydroxylation is 2. The predicted molar refractivity (Wildman–Crippen MR) is 109 cm³/mol. The van der Waals surface area contributed by atoms with Crippen LogP contribution in [0.1, 0.15) is 34.1 Å². The Bertz CT molecular complexity index is 1090. The van der Waals surface area contributed by atoms with E-state index in [1.165, 1.54) is 5.56 Å². The Hall–Kier alpha value is -3.12. The molecule has 140 valence electrons. The third kappa shape index (κ3) is 4.23. The Kier molecular flexibility index (Phi) is 5.39. The molecule has 6 heteroatoms. The van der Waals surface area contributed by atoms with Gasteiger partial charge in [0, 0.05) is 30.7 Å². The maximum atomic E-state index is 12.6. The number of carbonyl (C=O) groups excluding carboxylic acids is 1. The lowest BCUT2D eigenvalue weighted by Crippen LogP contribution is -2.00. The smallest absolute Gasteiger partial charge is 0.223 e. The van der Waals surface area contributed by atoms with Crippen LogP contribution >= 0.6 is 11.3 Å². The van der Waals surface area contributed by atoms with Crippen LogP contribution in [-0.4, -0.2) is 20.9 Å². The molecule has 0 aliphatic heterocycles. The molecular weight excluding hydrogens is 370 g/mol. The summed E-state index contributed by atoms with van der Waals surface area (Å²) in [5.74, 6) is 1.12. The van der Waals surface area contributed by atoms with Crippen LogP contribution in [0, 0.1) is 6.92 Å². The Morgan fingerprint density at radius 3 is 2.68 bits per heavy atom. The van der Waals surface area contributed by atoms with E-state index in [0.717, 1.165) is 28.3 Å². The molecule has 0 N–H and O–H groups in total. The lowest BCUT2D eigenvalue weighted by molar-refractivity contribution is 0.0980. The second kappa shape index (κ2) is 8.27. The van der Waals surface area contributed by atoms with Crippen LogP contribution in [0.3, 0.4) is 0 Å². The molecule has 28 heavy (non-hydrogen) atoms. The third-order valence-electron chi connectivity index (χ3n) is 4.38. The largest absolute Gasteiger partial charge is 0.339 e. The number of Topliss-reactive ketones (excluding diaryl/α,β-unsaturated/α-hetero) is 1. The quantitative estimate of drug-likeness (QED) is 0.397. The molecule has 0 aliphatic rings. The number of rotatable bonds is 7. The Morgan fingerprint density at radius 1 is 1.07 bits per heavy atom. The minimum Gasteiger partial charge on any atom is -0.339 e. The molecule has 0 bridgehead atoms. The van der Waals surface area contributed by atoms with Crippen molar-refractivity contribution in [3.63, 3.8) is 0 Å². The second-order valence-electron chi connectivity index (χ2n) is 6.48. The van der Waals surface area contributed by atoms with Crippen molar-refractivity contribution in [3.05, 3.63) is 77.3 Å². The van der Waals surface area contributed by atoms with E-state index in [9.17, 15) is 4.79 Å². The molecule has 0 amide bonds. The molecule has 0 saturated carbocycles. The number of thiazole rings is 1. The van der Waals surface area contributed by atoms with Crippen LogP contribution in [0.25, 0.3) is 21.8 Å². The highest BCUT2D eigenvalue weighted by atomic mass is 32.1. The molecule has 0 fully saturated rings. The number of aromatic nitrogens is 3. The summed E-state index contributed by atoms with van der Waals surface area (Å²) in [5, 5.41) is 4.97. The average Bonchev–Trinajstić information content (AvgIpc) is 3.38. The topological polar surface area (TPSA) is 68.9 Å². The summed E-state index contributed by atoms with van der Waals surface area (Å²) in [4.78, 5) is 22.4. The first-order chi connectivity index (χ1) is 13.7. The van der Waals surface area contributed by atoms with Gasteiger partial charge in [0.15, 0.2) is 5.78 Å². The standard InChI is InChI=1S/C22H19N3O2S/c1-15-24-22(25-27-15)18-10-5-9-17(13-18)19(26)11-6-12-21-23-14-20(28-21)16-7-3-2-4-8-16/h2-5,7-10,13-14H,6,11-12H2,1H3. The summed E-state index contributed by atoms with van der Waals surface area (Å²) in [6, 6.07) is 17.6. The molecule has 2 aromatic heterocycles. The Balaban J connectivity index is 1.36. The van der Waals surface area contributed by atoms with Crippen LogP contribution in [-0.2, 0) is 6.42 Å². The summed E-state index contributed by atoms with van der Waals surface area (Å²) in [6.07, 6.45) is 3.96. The van der Waals surface area contributed by atoms with E-state index >= 15 is 0 Å². The van der Waals surface area contributed by atoms with E-state index in [4.69, 9.17) is 4.52 Å². The molecule has 0 saturated heterocycles. The van der Waals surface area contributed by atoms with E-state index < -0.39 is 0 Å². The van der Waals surface area contributed by atoms with Crippen molar-refractivity contribution in [2.75, 3.05) is 0 Å². The van der Waals surface area contributed by atoms with E-state index in [1.54, 1.807) is 18.3 Å². The number of hydrogen-bond donors (Lipinski definition) is 0. The van der Waals surface area contributed by atoms with Gasteiger partial charge in [0.25, 0.3) is 0 Å². The van der Waals surface area contributed by atoms with Gasteiger partial charge in [0.1, 0.15) is 0 Å². The summed E-state index contributed by atoms with van der Waals surface area (Å²) in [5.41, 5.74) is 2.63. The summed E-state index contributed by atoms with van der Waals surface area (Å²) >= 11 is 1.69. The zero-order valence-electron chi connectivity index (χ0n) is 15.5. The highest BCUT2D eigenvalue weighted by molar-refractivity contribution is 7.15. The van der Waals surface area contributed by atoms with Gasteiger partial charge in [-0.25, -0.2) is 4.98 Å². The van der Waals surface area contributed by atoms with E-state index in [2.05, 4.69) is 27.3 Å². The van der Waals surface area contributed by atoms with E-state index in [-0.39, 0.29) is 5.78 Å². The van der Waals surface area contributed by atoms with Crippen LogP contribution in [0.15, 0.2) is 65.3 Å². The van der Waals surface area contributed by atoms with Crippen molar-refractivity contribution < 1.29 is 9.32 Å². The average molecular weight is 389 g/mol. The molecule has 0 atom stereocenters. The zero-order valence-corrected chi connectivity index (χ0v) is 16.3. The Morgan fingerprint density at radius 2 is 1.89 bits per heavy atom. The Labute approximate surface area is 167 Å². The first-order valence-electron chi connectivity index (χ1n) is 9.13. The van der Waals surface area contributed by atoms with Crippen LogP contribution in [0.2, 0.25) is 0 Å². The van der Waals surface area contributed by atoms with Gasteiger partial charge in [-0.05, 0) is 24.5 Å². The fraction of sp³-hybridized carbons (Fsp3) is 0.182. The number of benzene rings is 2. The minimum atomic E-state index is 0.113. The van der Waals surface area contributed by atoms with Gasteiger partial charge >= 0.3 is 0 Å². The summed E-state index contributed by atoms with van der Waals surface area (Å²) in [7, 11) is 0. The monoisotopic (exact) mass is 389 g/mol. The van der Waals surface area contributed by atoms with Crippen LogP contribution in [0.4, 0.5) is 0 Å². The lowest BCUT2D eigenvalue weighted by atomic mass is 10.0. The molecule has 2 aromatic carbocycles. The lowest BCUT2D eigenvalue weighted by Gasteiger charge is -2.02. The summed E-state index contributed by atoms with van der Waals surface area (Å²) in [6.45, 7) is 1.74. The highest BCUT2D eigenvalue weighted by Gasteiger charge is 2.11. The number of ketones is 1. The molecule has 0 aliphatic carbocycles. The van der Waals surface area contributed by atoms with Crippen LogP contribution in [0.5, 0.6) is 0 Å². The van der Waals surface area contributed by atoms with Crippen molar-refractivity contribution in [3.8, 4) is 21.8 Å². The maximum absolute atomic E-state index is 12.6. The molecule has 4 aromatic rings. The zero-order chi connectivity index (χ0) is 19.3. The van der Waals surface area contributed by atoms with Gasteiger partial charge in [0.2, 0.25) is 11.7 Å². The van der Waals surface area contributed by atoms with Crippen LogP contribution < -0.4 is 0 Å². The fourth-order valence-electron chi connectivity index (χ4n) is 2.95. The van der Waals surface area contributed by atoms with Gasteiger partial charge < -0.3 is 4.52 Å².